The molecule has 1 saturated carbocycles. The van der Waals surface area contributed by atoms with Gasteiger partial charge in [0.1, 0.15) is 17.1 Å². The summed E-state index contributed by atoms with van der Waals surface area (Å²) in [7, 11) is 0. The second kappa shape index (κ2) is 6.23. The van der Waals surface area contributed by atoms with Gasteiger partial charge >= 0.3 is 5.97 Å². The first kappa shape index (κ1) is 19.9. The van der Waals surface area contributed by atoms with Crippen LogP contribution in [0, 0.1) is 27.4 Å². The molecule has 1 aromatic carbocycles. The second-order valence-corrected chi connectivity index (χ2v) is 9.11. The van der Waals surface area contributed by atoms with Crippen molar-refractivity contribution in [3.63, 3.8) is 0 Å². The van der Waals surface area contributed by atoms with E-state index in [1.807, 2.05) is 6.92 Å². The maximum Gasteiger partial charge on any atom is 0.354 e. The molecule has 2 aliphatic heterocycles. The lowest BCUT2D eigenvalue weighted by atomic mass is 9.63. The van der Waals surface area contributed by atoms with Gasteiger partial charge in [0.25, 0.3) is 5.69 Å². The largest absolute Gasteiger partial charge is 0.458 e. The molecular weight excluding hydrogens is 404 g/mol. The van der Waals surface area contributed by atoms with Crippen LogP contribution in [0.3, 0.4) is 0 Å². The fourth-order valence-electron chi connectivity index (χ4n) is 5.82. The zero-order chi connectivity index (χ0) is 22.2. The Morgan fingerprint density at radius 2 is 2.00 bits per heavy atom. The van der Waals surface area contributed by atoms with Crippen molar-refractivity contribution in [3.05, 3.63) is 52.1 Å². The summed E-state index contributed by atoms with van der Waals surface area (Å²) in [5.74, 6) is -1.72. The van der Waals surface area contributed by atoms with Gasteiger partial charge < -0.3 is 14.7 Å². The molecule has 0 unspecified atom stereocenters. The second-order valence-electron chi connectivity index (χ2n) is 9.11. The number of hydrogen-bond acceptors (Lipinski definition) is 8. The normalized spacial score (nSPS) is 40.7. The average molecular weight is 426 g/mol. The van der Waals surface area contributed by atoms with Gasteiger partial charge in [-0.25, -0.2) is 4.79 Å². The molecule has 9 heteroatoms. The number of benzene rings is 1. The van der Waals surface area contributed by atoms with Crippen molar-refractivity contribution in [3.8, 4) is 0 Å². The van der Waals surface area contributed by atoms with Crippen LogP contribution in [-0.2, 0) is 19.2 Å². The molecule has 1 saturated heterocycles. The number of hydrogen-bond donors (Lipinski definition) is 1. The molecule has 1 aromatic rings. The van der Waals surface area contributed by atoms with Gasteiger partial charge in [0.05, 0.1) is 22.1 Å². The molecule has 2 aliphatic carbocycles. The predicted molar refractivity (Wildman–Crippen MR) is 107 cm³/mol. The fourth-order valence-corrected chi connectivity index (χ4v) is 5.82. The van der Waals surface area contributed by atoms with Crippen LogP contribution < -0.4 is 0 Å². The maximum atomic E-state index is 13.1. The number of nitro groups is 1. The van der Waals surface area contributed by atoms with E-state index in [0.29, 0.717) is 18.6 Å². The Morgan fingerprint density at radius 3 is 2.74 bits per heavy atom. The number of nitrogens with zero attached hydrogens (tertiary/aromatic N) is 2. The van der Waals surface area contributed by atoms with Crippen LogP contribution in [0.1, 0.15) is 38.7 Å². The molecule has 2 fully saturated rings. The average Bonchev–Trinajstić information content (AvgIpc) is 3.37. The van der Waals surface area contributed by atoms with Gasteiger partial charge in [-0.15, -0.1) is 0 Å². The molecule has 0 amide bonds. The Labute approximate surface area is 177 Å². The van der Waals surface area contributed by atoms with E-state index in [1.165, 1.54) is 18.2 Å². The number of fused-ring (bicyclic) bond motifs is 4. The molecular formula is C22H22N2O7. The van der Waals surface area contributed by atoms with E-state index in [1.54, 1.807) is 25.1 Å². The number of rotatable bonds is 2. The summed E-state index contributed by atoms with van der Waals surface area (Å²) < 4.78 is 5.75. The smallest absolute Gasteiger partial charge is 0.354 e. The standard InChI is InChI=1S/C22H22N2O7/c1-12-7-8-14-18(20(2)17(25)9-10-22(12,20)27)30-19(26)21(14)11-15(23-31-21)13-5-3-4-6-16(13)24(28)29/h3-6,9-10,12,14,18,27H,7-8,11H2,1-2H3/t12-,14+,18+,20-,21-,22+/m0/s1. The minimum atomic E-state index is -1.47. The zero-order valence-electron chi connectivity index (χ0n) is 17.1. The summed E-state index contributed by atoms with van der Waals surface area (Å²) in [4.78, 5) is 42.7. The SMILES string of the molecule is C[C@H]1CC[C@@H]2[C@@H](OC(=O)[C@]23CC(c2ccccc2[N+](=O)[O-])=NO3)[C@]2(C)C(=O)C=C[C@@]12O. The summed E-state index contributed by atoms with van der Waals surface area (Å²) in [6.07, 6.45) is 3.03. The summed E-state index contributed by atoms with van der Waals surface area (Å²) in [5, 5.41) is 27.0. The number of aliphatic hydroxyl groups is 1. The van der Waals surface area contributed by atoms with Gasteiger partial charge in [0, 0.05) is 12.5 Å². The quantitative estimate of drug-likeness (QED) is 0.436. The van der Waals surface area contributed by atoms with Gasteiger partial charge in [-0.1, -0.05) is 24.2 Å². The van der Waals surface area contributed by atoms with Crippen molar-refractivity contribution >= 4 is 23.2 Å². The molecule has 5 rings (SSSR count). The Bertz CT molecular complexity index is 1080. The molecule has 0 radical (unpaired) electrons. The molecule has 2 heterocycles. The van der Waals surface area contributed by atoms with E-state index in [9.17, 15) is 24.8 Å². The first-order valence-electron chi connectivity index (χ1n) is 10.3. The van der Waals surface area contributed by atoms with Crippen LogP contribution in [0.15, 0.2) is 41.6 Å². The lowest BCUT2D eigenvalue weighted by Crippen LogP contribution is -2.57. The molecule has 0 bridgehead atoms. The number of ether oxygens (including phenoxy) is 1. The number of nitro benzene ring substituents is 1. The van der Waals surface area contributed by atoms with E-state index in [4.69, 9.17) is 9.57 Å². The molecule has 6 atom stereocenters. The summed E-state index contributed by atoms with van der Waals surface area (Å²) >= 11 is 0. The molecule has 31 heavy (non-hydrogen) atoms. The van der Waals surface area contributed by atoms with Crippen molar-refractivity contribution < 1.29 is 29.2 Å². The van der Waals surface area contributed by atoms with Gasteiger partial charge in [-0.2, -0.15) is 0 Å². The monoisotopic (exact) mass is 426 g/mol. The minimum Gasteiger partial charge on any atom is -0.458 e. The van der Waals surface area contributed by atoms with Crippen molar-refractivity contribution in [1.29, 1.82) is 0 Å². The number of carbonyl (C=O) groups is 2. The van der Waals surface area contributed by atoms with Crippen molar-refractivity contribution in [2.24, 2.45) is 22.4 Å². The number of esters is 1. The van der Waals surface area contributed by atoms with E-state index in [-0.39, 0.29) is 29.4 Å². The number of allylic oxidation sites excluding steroid dienone is 1. The summed E-state index contributed by atoms with van der Waals surface area (Å²) in [6, 6.07) is 6.15. The summed E-state index contributed by atoms with van der Waals surface area (Å²) in [6.45, 7) is 3.52. The first-order valence-corrected chi connectivity index (χ1v) is 10.3. The number of oxime groups is 1. The Hall–Kier alpha value is -3.07. The van der Waals surface area contributed by atoms with Gasteiger partial charge in [0.15, 0.2) is 5.78 Å². The first-order chi connectivity index (χ1) is 14.6. The predicted octanol–water partition coefficient (Wildman–Crippen LogP) is 2.31. The highest BCUT2D eigenvalue weighted by Gasteiger charge is 2.73. The third kappa shape index (κ3) is 2.32. The van der Waals surface area contributed by atoms with E-state index in [0.717, 1.165) is 0 Å². The molecule has 0 aromatic heterocycles. The molecule has 9 nitrogen and oxygen atoms in total. The van der Waals surface area contributed by atoms with Crippen LogP contribution in [-0.4, -0.2) is 44.8 Å². The topological polar surface area (TPSA) is 128 Å². The van der Waals surface area contributed by atoms with E-state index >= 15 is 0 Å². The highest BCUT2D eigenvalue weighted by molar-refractivity contribution is 6.08. The van der Waals surface area contributed by atoms with Crippen LogP contribution in [0.2, 0.25) is 0 Å². The minimum absolute atomic E-state index is 0.00234. The fraction of sp³-hybridized carbons (Fsp3) is 0.500. The van der Waals surface area contributed by atoms with E-state index in [2.05, 4.69) is 5.16 Å². The Balaban J connectivity index is 1.54. The van der Waals surface area contributed by atoms with Gasteiger partial charge in [-0.3, -0.25) is 14.9 Å². The third-order valence-corrected chi connectivity index (χ3v) is 7.77. The van der Waals surface area contributed by atoms with Crippen molar-refractivity contribution in [2.75, 3.05) is 0 Å². The number of ketones is 1. The zero-order valence-corrected chi connectivity index (χ0v) is 17.1. The summed E-state index contributed by atoms with van der Waals surface area (Å²) in [5.41, 5.74) is -3.80. The lowest BCUT2D eigenvalue weighted by molar-refractivity contribution is -0.385. The highest BCUT2D eigenvalue weighted by atomic mass is 16.7. The molecule has 1 spiro atoms. The Kier molecular flexibility index (Phi) is 3.99. The van der Waals surface area contributed by atoms with Crippen LogP contribution in [0.25, 0.3) is 0 Å². The van der Waals surface area contributed by atoms with Crippen LogP contribution in [0.5, 0.6) is 0 Å². The molecule has 162 valence electrons. The van der Waals surface area contributed by atoms with Crippen molar-refractivity contribution in [2.45, 2.75) is 50.4 Å². The van der Waals surface area contributed by atoms with Crippen LogP contribution >= 0.6 is 0 Å². The number of carbonyl (C=O) groups excluding carboxylic acids is 2. The highest BCUT2D eigenvalue weighted by Crippen LogP contribution is 2.59. The third-order valence-electron chi connectivity index (χ3n) is 7.77. The van der Waals surface area contributed by atoms with E-state index < -0.39 is 39.5 Å². The van der Waals surface area contributed by atoms with Gasteiger partial charge in [0.2, 0.25) is 5.60 Å². The van der Waals surface area contributed by atoms with Crippen LogP contribution in [0.4, 0.5) is 5.69 Å². The van der Waals surface area contributed by atoms with Gasteiger partial charge in [-0.05, 0) is 43.9 Å². The molecule has 4 aliphatic rings. The molecule has 1 N–H and O–H groups in total. The van der Waals surface area contributed by atoms with Crippen molar-refractivity contribution in [1.82, 2.24) is 0 Å². The Morgan fingerprint density at radius 1 is 1.26 bits per heavy atom. The lowest BCUT2D eigenvalue weighted by Gasteiger charge is -2.43. The maximum absolute atomic E-state index is 13.1. The number of para-hydroxylation sites is 1.